The Labute approximate surface area is 185 Å². The van der Waals surface area contributed by atoms with Crippen LogP contribution in [0.4, 0.5) is 0 Å². The van der Waals surface area contributed by atoms with Crippen molar-refractivity contribution in [2.75, 3.05) is 27.8 Å². The maximum absolute atomic E-state index is 13.4. The summed E-state index contributed by atoms with van der Waals surface area (Å²) in [7, 11) is 5.12. The van der Waals surface area contributed by atoms with Crippen LogP contribution >= 0.6 is 0 Å². The summed E-state index contributed by atoms with van der Waals surface area (Å²) >= 11 is 0. The van der Waals surface area contributed by atoms with E-state index >= 15 is 0 Å². The molecule has 1 amide bonds. The minimum absolute atomic E-state index is 0.0405. The lowest BCUT2D eigenvalue weighted by molar-refractivity contribution is 0.0785. The van der Waals surface area contributed by atoms with Gasteiger partial charge in [-0.3, -0.25) is 4.79 Å². The zero-order valence-corrected chi connectivity index (χ0v) is 19.4. The molecule has 0 unspecified atom stereocenters. The van der Waals surface area contributed by atoms with Gasteiger partial charge in [0.25, 0.3) is 5.91 Å². The third-order valence-corrected chi connectivity index (χ3v) is 5.65. The smallest absolute Gasteiger partial charge is 0.270 e. The van der Waals surface area contributed by atoms with Gasteiger partial charge in [-0.2, -0.15) is 0 Å². The molecule has 0 bridgehead atoms. The summed E-state index contributed by atoms with van der Waals surface area (Å²) in [6, 6.07) is 16.4. The highest BCUT2D eigenvalue weighted by Gasteiger charge is 2.21. The predicted octanol–water partition coefficient (Wildman–Crippen LogP) is 4.79. The lowest BCUT2D eigenvalue weighted by Crippen LogP contribution is -2.31. The summed E-state index contributed by atoms with van der Waals surface area (Å²) in [6.07, 6.45) is 0.735. The van der Waals surface area contributed by atoms with Gasteiger partial charge < -0.3 is 18.9 Å². The van der Waals surface area contributed by atoms with Crippen LogP contribution in [0.5, 0.6) is 11.5 Å². The average Bonchev–Trinajstić information content (AvgIpc) is 3.03. The number of rotatable bonds is 8. The van der Waals surface area contributed by atoms with Gasteiger partial charge in [-0.25, -0.2) is 0 Å². The van der Waals surface area contributed by atoms with Gasteiger partial charge in [0, 0.05) is 25.8 Å². The van der Waals surface area contributed by atoms with Gasteiger partial charge in [0.1, 0.15) is 5.69 Å². The van der Waals surface area contributed by atoms with Crippen molar-refractivity contribution in [2.24, 2.45) is 0 Å². The van der Waals surface area contributed by atoms with Gasteiger partial charge >= 0.3 is 0 Å². The van der Waals surface area contributed by atoms with Crippen LogP contribution in [-0.4, -0.2) is 43.2 Å². The number of carbonyl (C=O) groups excluding carboxylic acids is 1. The molecule has 1 heterocycles. The Morgan fingerprint density at radius 2 is 1.68 bits per heavy atom. The van der Waals surface area contributed by atoms with Crippen molar-refractivity contribution in [1.29, 1.82) is 0 Å². The monoisotopic (exact) mass is 420 g/mol. The third-order valence-electron chi connectivity index (χ3n) is 5.65. The molecule has 1 aromatic heterocycles. The van der Waals surface area contributed by atoms with Crippen molar-refractivity contribution in [3.63, 3.8) is 0 Å². The van der Waals surface area contributed by atoms with E-state index < -0.39 is 0 Å². The quantitative estimate of drug-likeness (QED) is 0.526. The molecule has 3 rings (SSSR count). The fraction of sp³-hybridized carbons (Fsp3) is 0.346. The van der Waals surface area contributed by atoms with Crippen LogP contribution in [0.25, 0.3) is 0 Å². The maximum atomic E-state index is 13.4. The molecule has 0 saturated carbocycles. The number of aryl methyl sites for hydroxylation is 3. The van der Waals surface area contributed by atoms with E-state index in [0.717, 1.165) is 28.9 Å². The molecule has 5 nitrogen and oxygen atoms in total. The van der Waals surface area contributed by atoms with Crippen LogP contribution in [-0.2, 0) is 13.0 Å². The molecule has 0 fully saturated rings. The molecular formula is C26H32N2O3. The fourth-order valence-corrected chi connectivity index (χ4v) is 3.95. The van der Waals surface area contributed by atoms with E-state index in [0.29, 0.717) is 24.6 Å². The van der Waals surface area contributed by atoms with Crippen LogP contribution < -0.4 is 9.47 Å². The number of hydrogen-bond acceptors (Lipinski definition) is 3. The van der Waals surface area contributed by atoms with Gasteiger partial charge in [-0.15, -0.1) is 0 Å². The van der Waals surface area contributed by atoms with E-state index in [1.165, 1.54) is 11.1 Å². The third kappa shape index (κ3) is 5.10. The second-order valence-corrected chi connectivity index (χ2v) is 8.06. The van der Waals surface area contributed by atoms with E-state index in [-0.39, 0.29) is 5.91 Å². The number of aromatic nitrogens is 1. The topological polar surface area (TPSA) is 43.7 Å². The minimum Gasteiger partial charge on any atom is -0.493 e. The number of amides is 1. The number of carbonyl (C=O) groups is 1. The molecule has 0 aliphatic rings. The van der Waals surface area contributed by atoms with Crippen molar-refractivity contribution in [1.82, 2.24) is 9.47 Å². The van der Waals surface area contributed by atoms with Crippen molar-refractivity contribution in [3.05, 3.63) is 82.2 Å². The molecule has 2 aromatic carbocycles. The first-order valence-electron chi connectivity index (χ1n) is 10.5. The second kappa shape index (κ2) is 9.73. The molecule has 0 spiro atoms. The highest BCUT2D eigenvalue weighted by atomic mass is 16.5. The van der Waals surface area contributed by atoms with Gasteiger partial charge in [0.2, 0.25) is 0 Å². The molecule has 0 N–H and O–H groups in total. The Bertz CT molecular complexity index is 1070. The highest BCUT2D eigenvalue weighted by molar-refractivity contribution is 5.94. The number of likely N-dealkylation sites (N-methyl/N-ethyl adjacent to an activating group) is 1. The van der Waals surface area contributed by atoms with E-state index in [4.69, 9.17) is 9.47 Å². The Kier molecular flexibility index (Phi) is 7.06. The number of nitrogens with zero attached hydrogens (tertiary/aromatic N) is 2. The number of hydrogen-bond donors (Lipinski definition) is 0. The maximum Gasteiger partial charge on any atom is 0.270 e. The Morgan fingerprint density at radius 3 is 2.35 bits per heavy atom. The standard InChI is InChI=1S/C26H32N2O3/c1-18-8-7-9-22(14-18)17-28-20(3)15-19(2)25(28)26(29)27(4)13-12-21-10-11-23(30-5)24(16-21)31-6/h7-11,14-16H,12-13,17H2,1-6H3. The van der Waals surface area contributed by atoms with Gasteiger partial charge in [0.05, 0.1) is 14.2 Å². The highest BCUT2D eigenvalue weighted by Crippen LogP contribution is 2.28. The lowest BCUT2D eigenvalue weighted by atomic mass is 10.1. The first-order chi connectivity index (χ1) is 14.8. The Morgan fingerprint density at radius 1 is 0.935 bits per heavy atom. The molecule has 164 valence electrons. The largest absolute Gasteiger partial charge is 0.493 e. The van der Waals surface area contributed by atoms with Crippen LogP contribution in [0.15, 0.2) is 48.5 Å². The first-order valence-corrected chi connectivity index (χ1v) is 10.5. The molecule has 0 aliphatic carbocycles. The first kappa shape index (κ1) is 22.5. The Hall–Kier alpha value is -3.21. The van der Waals surface area contributed by atoms with Gasteiger partial charge in [-0.1, -0.05) is 35.9 Å². The molecule has 0 atom stereocenters. The van der Waals surface area contributed by atoms with Crippen molar-refractivity contribution >= 4 is 5.91 Å². The predicted molar refractivity (Wildman–Crippen MR) is 124 cm³/mol. The summed E-state index contributed by atoms with van der Waals surface area (Å²) < 4.78 is 12.8. The molecular weight excluding hydrogens is 388 g/mol. The number of ether oxygens (including phenoxy) is 2. The summed E-state index contributed by atoms with van der Waals surface area (Å²) in [4.78, 5) is 15.2. The number of methoxy groups -OCH3 is 2. The van der Waals surface area contributed by atoms with Crippen LogP contribution in [0.1, 0.15) is 38.4 Å². The van der Waals surface area contributed by atoms with E-state index in [9.17, 15) is 4.79 Å². The SMILES string of the molecule is COc1ccc(CCN(C)C(=O)c2c(C)cc(C)n2Cc2cccc(C)c2)cc1OC. The zero-order chi connectivity index (χ0) is 22.5. The van der Waals surface area contributed by atoms with Crippen molar-refractivity contribution < 1.29 is 14.3 Å². The van der Waals surface area contributed by atoms with E-state index in [1.807, 2.05) is 32.2 Å². The lowest BCUT2D eigenvalue weighted by Gasteiger charge is -2.20. The molecule has 0 radical (unpaired) electrons. The summed E-state index contributed by atoms with van der Waals surface area (Å²) in [6.45, 7) is 7.46. The Balaban J connectivity index is 1.76. The number of benzene rings is 2. The summed E-state index contributed by atoms with van der Waals surface area (Å²) in [5, 5.41) is 0. The molecule has 3 aromatic rings. The molecule has 0 aliphatic heterocycles. The summed E-state index contributed by atoms with van der Waals surface area (Å²) in [5.74, 6) is 1.45. The fourth-order valence-electron chi connectivity index (χ4n) is 3.95. The minimum atomic E-state index is 0.0405. The molecule has 0 saturated heterocycles. The van der Waals surface area contributed by atoms with E-state index in [2.05, 4.69) is 48.7 Å². The zero-order valence-electron chi connectivity index (χ0n) is 19.4. The van der Waals surface area contributed by atoms with Crippen LogP contribution in [0, 0.1) is 20.8 Å². The van der Waals surface area contributed by atoms with Gasteiger partial charge in [0.15, 0.2) is 11.5 Å². The average molecular weight is 421 g/mol. The second-order valence-electron chi connectivity index (χ2n) is 8.06. The molecule has 5 heteroatoms. The van der Waals surface area contributed by atoms with E-state index in [1.54, 1.807) is 19.1 Å². The molecule has 31 heavy (non-hydrogen) atoms. The van der Waals surface area contributed by atoms with Crippen molar-refractivity contribution in [3.8, 4) is 11.5 Å². The van der Waals surface area contributed by atoms with Crippen molar-refractivity contribution in [2.45, 2.75) is 33.7 Å². The van der Waals surface area contributed by atoms with Crippen LogP contribution in [0.3, 0.4) is 0 Å². The summed E-state index contributed by atoms with van der Waals surface area (Å²) in [5.41, 5.74) is 6.37. The normalized spacial score (nSPS) is 10.8. The van der Waals surface area contributed by atoms with Gasteiger partial charge in [-0.05, 0) is 62.1 Å². The van der Waals surface area contributed by atoms with Crippen LogP contribution in [0.2, 0.25) is 0 Å².